The highest BCUT2D eigenvalue weighted by atomic mass is 16.4. The minimum atomic E-state index is -0.705. The van der Waals surface area contributed by atoms with Crippen LogP contribution in [0.1, 0.15) is 46.1 Å². The van der Waals surface area contributed by atoms with Gasteiger partial charge in [0.15, 0.2) is 0 Å². The number of carboxylic acids is 1. The van der Waals surface area contributed by atoms with Gasteiger partial charge in [-0.05, 0) is 31.7 Å². The van der Waals surface area contributed by atoms with Gasteiger partial charge in [0.25, 0.3) is 0 Å². The molecule has 1 N–H and O–H groups in total. The van der Waals surface area contributed by atoms with E-state index in [1.54, 1.807) is 6.20 Å². The van der Waals surface area contributed by atoms with Crippen LogP contribution in [0.3, 0.4) is 0 Å². The summed E-state index contributed by atoms with van der Waals surface area (Å²) in [6.45, 7) is 10.2. The minimum Gasteiger partial charge on any atom is -0.481 e. The fourth-order valence-corrected chi connectivity index (χ4v) is 2.58. The van der Waals surface area contributed by atoms with E-state index in [2.05, 4.69) is 25.9 Å². The van der Waals surface area contributed by atoms with Crippen molar-refractivity contribution >= 4 is 5.97 Å². The van der Waals surface area contributed by atoms with Crippen LogP contribution in [0, 0.1) is 11.3 Å². The van der Waals surface area contributed by atoms with Crippen LogP contribution in [0.4, 0.5) is 0 Å². The van der Waals surface area contributed by atoms with Gasteiger partial charge < -0.3 is 5.11 Å². The van der Waals surface area contributed by atoms with Crippen LogP contribution in [0.25, 0.3) is 0 Å². The predicted molar refractivity (Wildman–Crippen MR) is 64.9 cm³/mol. The molecular formula is C13H20N2O2. The van der Waals surface area contributed by atoms with Crippen molar-refractivity contribution in [2.45, 2.75) is 46.1 Å². The highest BCUT2D eigenvalue weighted by Crippen LogP contribution is 2.64. The lowest BCUT2D eigenvalue weighted by Crippen LogP contribution is -2.21. The van der Waals surface area contributed by atoms with Gasteiger partial charge in [0.05, 0.1) is 17.7 Å². The summed E-state index contributed by atoms with van der Waals surface area (Å²) < 4.78 is 1.90. The summed E-state index contributed by atoms with van der Waals surface area (Å²) in [6.07, 6.45) is 3.79. The SMILES string of the molecule is CC1(C)C(C(=O)O)C1c1cnn(C(C)(C)C)c1. The maximum absolute atomic E-state index is 11.1. The van der Waals surface area contributed by atoms with Gasteiger partial charge in [0.2, 0.25) is 0 Å². The van der Waals surface area contributed by atoms with E-state index in [4.69, 9.17) is 5.11 Å². The smallest absolute Gasteiger partial charge is 0.307 e. The molecule has 1 heterocycles. The molecule has 0 amide bonds. The molecule has 1 aromatic heterocycles. The molecule has 1 aromatic rings. The Bertz CT molecular complexity index is 454. The predicted octanol–water partition coefficient (Wildman–Crippen LogP) is 2.46. The number of hydrogen-bond donors (Lipinski definition) is 1. The summed E-state index contributed by atoms with van der Waals surface area (Å²) in [5.41, 5.74) is 0.824. The number of aromatic nitrogens is 2. The Morgan fingerprint density at radius 1 is 1.47 bits per heavy atom. The molecule has 1 fully saturated rings. The van der Waals surface area contributed by atoms with Crippen molar-refractivity contribution in [2.75, 3.05) is 0 Å². The zero-order chi connectivity index (χ0) is 13.0. The maximum atomic E-state index is 11.1. The Labute approximate surface area is 102 Å². The second kappa shape index (κ2) is 3.34. The molecule has 2 unspecified atom stereocenters. The molecule has 1 saturated carbocycles. The van der Waals surface area contributed by atoms with Crippen LogP contribution in [0.2, 0.25) is 0 Å². The van der Waals surface area contributed by atoms with Crippen molar-refractivity contribution in [3.05, 3.63) is 18.0 Å². The quantitative estimate of drug-likeness (QED) is 0.858. The molecule has 0 aliphatic heterocycles. The van der Waals surface area contributed by atoms with E-state index >= 15 is 0 Å². The molecule has 0 bridgehead atoms. The molecule has 4 nitrogen and oxygen atoms in total. The van der Waals surface area contributed by atoms with E-state index in [-0.39, 0.29) is 22.8 Å². The van der Waals surface area contributed by atoms with E-state index in [9.17, 15) is 4.79 Å². The number of carboxylic acid groups (broad SMARTS) is 1. The number of rotatable bonds is 2. The van der Waals surface area contributed by atoms with Crippen LogP contribution >= 0.6 is 0 Å². The van der Waals surface area contributed by atoms with Crippen molar-refractivity contribution in [1.82, 2.24) is 9.78 Å². The molecule has 17 heavy (non-hydrogen) atoms. The first-order chi connectivity index (χ1) is 7.65. The number of aliphatic carboxylic acids is 1. The van der Waals surface area contributed by atoms with Gasteiger partial charge in [0.1, 0.15) is 0 Å². The number of carbonyl (C=O) groups is 1. The van der Waals surface area contributed by atoms with Gasteiger partial charge in [0, 0.05) is 12.1 Å². The van der Waals surface area contributed by atoms with Crippen LogP contribution < -0.4 is 0 Å². The summed E-state index contributed by atoms with van der Waals surface area (Å²) in [5, 5.41) is 13.5. The molecule has 1 aliphatic carbocycles. The summed E-state index contributed by atoms with van der Waals surface area (Å²) in [4.78, 5) is 11.1. The van der Waals surface area contributed by atoms with Crippen molar-refractivity contribution in [3.8, 4) is 0 Å². The molecule has 0 radical (unpaired) electrons. The maximum Gasteiger partial charge on any atom is 0.307 e. The van der Waals surface area contributed by atoms with E-state index in [0.717, 1.165) is 5.56 Å². The first-order valence-corrected chi connectivity index (χ1v) is 5.93. The van der Waals surface area contributed by atoms with Crippen molar-refractivity contribution in [2.24, 2.45) is 11.3 Å². The molecule has 94 valence electrons. The standard InChI is InChI=1S/C13H20N2O2/c1-12(2,3)15-7-8(6-14-15)9-10(11(16)17)13(9,4)5/h6-7,9-10H,1-5H3,(H,16,17). The van der Waals surface area contributed by atoms with Crippen molar-refractivity contribution < 1.29 is 9.90 Å². The summed E-state index contributed by atoms with van der Waals surface area (Å²) in [5.74, 6) is -0.889. The van der Waals surface area contributed by atoms with E-state index in [1.807, 2.05) is 24.7 Å². The Morgan fingerprint density at radius 2 is 2.06 bits per heavy atom. The first-order valence-electron chi connectivity index (χ1n) is 5.93. The third kappa shape index (κ3) is 1.85. The third-order valence-corrected chi connectivity index (χ3v) is 3.74. The molecule has 0 spiro atoms. The lowest BCUT2D eigenvalue weighted by Gasteiger charge is -2.18. The Hall–Kier alpha value is -1.32. The summed E-state index contributed by atoms with van der Waals surface area (Å²) in [7, 11) is 0. The fraction of sp³-hybridized carbons (Fsp3) is 0.692. The molecule has 1 aliphatic rings. The van der Waals surface area contributed by atoms with E-state index in [1.165, 1.54) is 0 Å². The highest BCUT2D eigenvalue weighted by molar-refractivity contribution is 5.77. The average Bonchev–Trinajstić information content (AvgIpc) is 2.59. The molecular weight excluding hydrogens is 216 g/mol. The number of hydrogen-bond acceptors (Lipinski definition) is 2. The van der Waals surface area contributed by atoms with Crippen molar-refractivity contribution in [3.63, 3.8) is 0 Å². The van der Waals surface area contributed by atoms with Crippen LogP contribution in [0.15, 0.2) is 12.4 Å². The Kier molecular flexibility index (Phi) is 2.39. The van der Waals surface area contributed by atoms with Gasteiger partial charge in [-0.25, -0.2) is 0 Å². The van der Waals surface area contributed by atoms with Gasteiger partial charge >= 0.3 is 5.97 Å². The molecule has 0 saturated heterocycles. The first kappa shape index (κ1) is 12.1. The Morgan fingerprint density at radius 3 is 2.41 bits per heavy atom. The average molecular weight is 236 g/mol. The zero-order valence-corrected chi connectivity index (χ0v) is 11.1. The van der Waals surface area contributed by atoms with E-state index in [0.29, 0.717) is 0 Å². The van der Waals surface area contributed by atoms with Crippen LogP contribution in [0.5, 0.6) is 0 Å². The normalized spacial score (nSPS) is 26.9. The van der Waals surface area contributed by atoms with Crippen LogP contribution in [-0.4, -0.2) is 20.9 Å². The van der Waals surface area contributed by atoms with Crippen molar-refractivity contribution in [1.29, 1.82) is 0 Å². The van der Waals surface area contributed by atoms with Gasteiger partial charge in [-0.3, -0.25) is 9.48 Å². The van der Waals surface area contributed by atoms with E-state index < -0.39 is 5.97 Å². The highest BCUT2D eigenvalue weighted by Gasteiger charge is 2.63. The lowest BCUT2D eigenvalue weighted by molar-refractivity contribution is -0.139. The molecule has 2 atom stereocenters. The summed E-state index contributed by atoms with van der Waals surface area (Å²) in [6, 6.07) is 0. The molecule has 0 aromatic carbocycles. The second-order valence-electron chi connectivity index (χ2n) is 6.50. The van der Waals surface area contributed by atoms with Gasteiger partial charge in [-0.15, -0.1) is 0 Å². The zero-order valence-electron chi connectivity index (χ0n) is 11.1. The molecule has 4 heteroatoms. The fourth-order valence-electron chi connectivity index (χ4n) is 2.58. The van der Waals surface area contributed by atoms with Crippen LogP contribution in [-0.2, 0) is 10.3 Å². The summed E-state index contributed by atoms with van der Waals surface area (Å²) >= 11 is 0. The van der Waals surface area contributed by atoms with Gasteiger partial charge in [-0.1, -0.05) is 13.8 Å². The lowest BCUT2D eigenvalue weighted by atomic mass is 10.1. The minimum absolute atomic E-state index is 0.0595. The number of nitrogens with zero attached hydrogens (tertiary/aromatic N) is 2. The van der Waals surface area contributed by atoms with Gasteiger partial charge in [-0.2, -0.15) is 5.10 Å². The monoisotopic (exact) mass is 236 g/mol. The Balaban J connectivity index is 2.26. The third-order valence-electron chi connectivity index (χ3n) is 3.74. The topological polar surface area (TPSA) is 55.1 Å². The molecule has 2 rings (SSSR count). The second-order valence-corrected chi connectivity index (χ2v) is 6.50. The largest absolute Gasteiger partial charge is 0.481 e.